The van der Waals surface area contributed by atoms with Crippen molar-refractivity contribution in [1.82, 2.24) is 25.0 Å². The molecule has 2 aromatic heterocycles. The van der Waals surface area contributed by atoms with Crippen LogP contribution < -0.4 is 10.1 Å². The van der Waals surface area contributed by atoms with Crippen molar-refractivity contribution in [2.24, 2.45) is 5.92 Å². The maximum Gasteiger partial charge on any atom is 0.221 e. The first kappa shape index (κ1) is 24.6. The summed E-state index contributed by atoms with van der Waals surface area (Å²) in [4.78, 5) is 16.6. The van der Waals surface area contributed by atoms with Crippen LogP contribution in [0.15, 0.2) is 41.8 Å². The van der Waals surface area contributed by atoms with E-state index in [0.29, 0.717) is 30.9 Å². The van der Waals surface area contributed by atoms with Crippen molar-refractivity contribution in [2.75, 3.05) is 26.2 Å². The number of hydrogen-bond donors (Lipinski definition) is 2. The fraction of sp³-hybridized carbons (Fsp3) is 0.480. The smallest absolute Gasteiger partial charge is 0.221 e. The molecule has 1 aromatic carbocycles. The van der Waals surface area contributed by atoms with E-state index < -0.39 is 0 Å². The van der Waals surface area contributed by atoms with Gasteiger partial charge >= 0.3 is 0 Å². The summed E-state index contributed by atoms with van der Waals surface area (Å²) in [6, 6.07) is 12.2. The summed E-state index contributed by atoms with van der Waals surface area (Å²) < 4.78 is 7.91. The Bertz CT molecular complexity index is 1100. The number of ether oxygens (including phenoxy) is 1. The third kappa shape index (κ3) is 6.14. The second-order valence-electron chi connectivity index (χ2n) is 8.77. The molecule has 1 saturated heterocycles. The number of H-pyrrole nitrogens is 1. The number of amides is 1. The molecular formula is C25H33N5O2S2. The zero-order chi connectivity index (χ0) is 23.9. The second-order valence-corrected chi connectivity index (χ2v) is 10.1. The summed E-state index contributed by atoms with van der Waals surface area (Å²) in [6.07, 6.45) is 2.76. The number of aromatic nitrogens is 3. The Labute approximate surface area is 210 Å². The molecule has 182 valence electrons. The van der Waals surface area contributed by atoms with Crippen molar-refractivity contribution < 1.29 is 9.53 Å². The molecule has 4 rings (SSSR count). The molecule has 0 saturated carbocycles. The Hall–Kier alpha value is -2.49. The maximum atomic E-state index is 12.8. The van der Waals surface area contributed by atoms with Crippen molar-refractivity contribution >= 4 is 29.5 Å². The zero-order valence-corrected chi connectivity index (χ0v) is 21.5. The topological polar surface area (TPSA) is 75.2 Å². The monoisotopic (exact) mass is 499 g/mol. The Morgan fingerprint density at radius 1 is 1.29 bits per heavy atom. The number of likely N-dealkylation sites (tertiary alicyclic amines) is 1. The first-order chi connectivity index (χ1) is 16.5. The van der Waals surface area contributed by atoms with E-state index in [9.17, 15) is 4.79 Å². The molecular weight excluding hydrogens is 466 g/mol. The van der Waals surface area contributed by atoms with Gasteiger partial charge in [-0.3, -0.25) is 19.4 Å². The summed E-state index contributed by atoms with van der Waals surface area (Å²) in [5.74, 6) is 2.33. The molecule has 7 nitrogen and oxygen atoms in total. The van der Waals surface area contributed by atoms with Crippen LogP contribution in [0.2, 0.25) is 0 Å². The van der Waals surface area contributed by atoms with Gasteiger partial charge in [0.15, 0.2) is 10.6 Å². The highest BCUT2D eigenvalue weighted by atomic mass is 32.1. The molecule has 9 heteroatoms. The summed E-state index contributed by atoms with van der Waals surface area (Å²) in [6.45, 7) is 8.15. The van der Waals surface area contributed by atoms with Crippen LogP contribution in [0.1, 0.15) is 44.0 Å². The molecule has 3 heterocycles. The van der Waals surface area contributed by atoms with E-state index in [1.54, 1.807) is 11.3 Å². The average molecular weight is 500 g/mol. The molecule has 1 atom stereocenters. The third-order valence-electron chi connectivity index (χ3n) is 6.37. The van der Waals surface area contributed by atoms with E-state index in [0.717, 1.165) is 36.1 Å². The highest BCUT2D eigenvalue weighted by molar-refractivity contribution is 7.71. The van der Waals surface area contributed by atoms with Crippen LogP contribution >= 0.6 is 23.6 Å². The van der Waals surface area contributed by atoms with Gasteiger partial charge in [0.25, 0.3) is 0 Å². The van der Waals surface area contributed by atoms with Gasteiger partial charge in [-0.25, -0.2) is 0 Å². The zero-order valence-electron chi connectivity index (χ0n) is 19.8. The minimum atomic E-state index is 0.0210. The van der Waals surface area contributed by atoms with E-state index in [4.69, 9.17) is 17.0 Å². The predicted molar refractivity (Wildman–Crippen MR) is 139 cm³/mol. The lowest BCUT2D eigenvalue weighted by Gasteiger charge is -2.36. The lowest BCUT2D eigenvalue weighted by atomic mass is 9.97. The third-order valence-corrected chi connectivity index (χ3v) is 7.65. The van der Waals surface area contributed by atoms with E-state index in [2.05, 4.69) is 44.9 Å². The normalized spacial score (nSPS) is 15.8. The summed E-state index contributed by atoms with van der Waals surface area (Å²) in [5, 5.41) is 12.5. The summed E-state index contributed by atoms with van der Waals surface area (Å²) in [7, 11) is 0. The van der Waals surface area contributed by atoms with E-state index in [1.165, 1.54) is 17.7 Å². The number of thiophene rings is 1. The number of rotatable bonds is 10. The number of hydrogen-bond acceptors (Lipinski definition) is 6. The predicted octanol–water partition coefficient (Wildman–Crippen LogP) is 5.05. The molecule has 1 unspecified atom stereocenters. The lowest BCUT2D eigenvalue weighted by Crippen LogP contribution is -2.41. The number of benzene rings is 1. The quantitative estimate of drug-likeness (QED) is 0.382. The second kappa shape index (κ2) is 11.8. The van der Waals surface area contributed by atoms with Crippen LogP contribution in [-0.2, 0) is 11.3 Å². The van der Waals surface area contributed by atoms with Crippen molar-refractivity contribution in [3.63, 3.8) is 0 Å². The molecule has 3 aromatic rings. The van der Waals surface area contributed by atoms with E-state index in [1.807, 2.05) is 35.8 Å². The van der Waals surface area contributed by atoms with Gasteiger partial charge in [0, 0.05) is 30.0 Å². The van der Waals surface area contributed by atoms with Gasteiger partial charge in [-0.2, -0.15) is 5.10 Å². The first-order valence-electron chi connectivity index (χ1n) is 12.0. The van der Waals surface area contributed by atoms with Gasteiger partial charge < -0.3 is 10.1 Å². The SMILES string of the molecule is CCOc1ccc(-c2n[nH]c(=S)n2CCC(=O)NCC(c2cccs2)N2CCC(C)CC2)cc1. The average Bonchev–Trinajstić information content (AvgIpc) is 3.50. The van der Waals surface area contributed by atoms with Gasteiger partial charge in [0.1, 0.15) is 5.75 Å². The van der Waals surface area contributed by atoms with Gasteiger partial charge in [0.2, 0.25) is 5.91 Å². The van der Waals surface area contributed by atoms with E-state index in [-0.39, 0.29) is 11.9 Å². The van der Waals surface area contributed by atoms with E-state index >= 15 is 0 Å². The molecule has 0 bridgehead atoms. The Morgan fingerprint density at radius 3 is 2.74 bits per heavy atom. The fourth-order valence-corrected chi connectivity index (χ4v) is 5.44. The van der Waals surface area contributed by atoms with Crippen LogP contribution in [0.25, 0.3) is 11.4 Å². The molecule has 0 spiro atoms. The van der Waals surface area contributed by atoms with Crippen molar-refractivity contribution in [3.05, 3.63) is 51.4 Å². The molecule has 0 aliphatic carbocycles. The van der Waals surface area contributed by atoms with Gasteiger partial charge in [-0.15, -0.1) is 11.3 Å². The van der Waals surface area contributed by atoms with Crippen LogP contribution in [0.3, 0.4) is 0 Å². The largest absolute Gasteiger partial charge is 0.494 e. The lowest BCUT2D eigenvalue weighted by molar-refractivity contribution is -0.121. The molecule has 1 amide bonds. The van der Waals surface area contributed by atoms with Gasteiger partial charge in [-0.05, 0) is 86.7 Å². The van der Waals surface area contributed by atoms with Crippen LogP contribution in [0, 0.1) is 10.7 Å². The molecule has 2 N–H and O–H groups in total. The Kier molecular flexibility index (Phi) is 8.53. The minimum Gasteiger partial charge on any atom is -0.494 e. The van der Waals surface area contributed by atoms with Crippen LogP contribution in [0.4, 0.5) is 0 Å². The number of nitrogens with zero attached hydrogens (tertiary/aromatic N) is 3. The summed E-state index contributed by atoms with van der Waals surface area (Å²) in [5.41, 5.74) is 0.924. The molecule has 1 fully saturated rings. The van der Waals surface area contributed by atoms with Crippen molar-refractivity contribution in [2.45, 2.75) is 45.7 Å². The number of carbonyl (C=O) groups excluding carboxylic acids is 1. The molecule has 1 aliphatic rings. The molecule has 0 radical (unpaired) electrons. The molecule has 34 heavy (non-hydrogen) atoms. The maximum absolute atomic E-state index is 12.8. The van der Waals surface area contributed by atoms with Gasteiger partial charge in [0.05, 0.1) is 12.6 Å². The standard InChI is InChI=1S/C25H33N5O2S2/c1-3-32-20-8-6-19(7-9-20)24-27-28-25(33)30(24)15-12-23(31)26-17-21(22-5-4-16-34-22)29-13-10-18(2)11-14-29/h4-9,16,18,21H,3,10-15,17H2,1-2H3,(H,26,31)(H,28,33). The highest BCUT2D eigenvalue weighted by Crippen LogP contribution is 2.29. The number of aromatic amines is 1. The number of carbonyl (C=O) groups is 1. The van der Waals surface area contributed by atoms with Crippen LogP contribution in [-0.4, -0.2) is 51.8 Å². The van der Waals surface area contributed by atoms with Crippen molar-refractivity contribution in [1.29, 1.82) is 0 Å². The first-order valence-corrected chi connectivity index (χ1v) is 13.3. The van der Waals surface area contributed by atoms with Crippen LogP contribution in [0.5, 0.6) is 5.75 Å². The Balaban J connectivity index is 1.36. The Morgan fingerprint density at radius 2 is 2.06 bits per heavy atom. The summed E-state index contributed by atoms with van der Waals surface area (Å²) >= 11 is 7.19. The minimum absolute atomic E-state index is 0.0210. The molecule has 1 aliphatic heterocycles. The highest BCUT2D eigenvalue weighted by Gasteiger charge is 2.25. The number of nitrogens with one attached hydrogen (secondary N) is 2. The fourth-order valence-electron chi connectivity index (χ4n) is 4.36. The van der Waals surface area contributed by atoms with Crippen molar-refractivity contribution in [3.8, 4) is 17.1 Å². The van der Waals surface area contributed by atoms with Gasteiger partial charge in [-0.1, -0.05) is 13.0 Å². The number of piperidine rings is 1.